The van der Waals surface area contributed by atoms with E-state index in [2.05, 4.69) is 10.3 Å². The molecule has 1 aromatic heterocycles. The normalized spacial score (nSPS) is 18.9. The fourth-order valence-electron chi connectivity index (χ4n) is 2.11. The Morgan fingerprint density at radius 3 is 3.20 bits per heavy atom. The maximum Gasteiger partial charge on any atom is 0.256 e. The summed E-state index contributed by atoms with van der Waals surface area (Å²) in [5.41, 5.74) is 0.387. The van der Waals surface area contributed by atoms with Crippen molar-refractivity contribution in [3.05, 3.63) is 22.8 Å². The molecule has 1 aliphatic heterocycles. The number of morpholine rings is 1. The highest BCUT2D eigenvalue weighted by atomic mass is 35.5. The summed E-state index contributed by atoms with van der Waals surface area (Å²) in [6, 6.07) is 1.31. The van der Waals surface area contributed by atoms with Crippen LogP contribution in [0.25, 0.3) is 0 Å². The van der Waals surface area contributed by atoms with Crippen LogP contribution in [-0.2, 0) is 4.74 Å². The van der Waals surface area contributed by atoms with Crippen LogP contribution >= 0.6 is 11.6 Å². The van der Waals surface area contributed by atoms with Gasteiger partial charge in [-0.25, -0.2) is 4.98 Å². The van der Waals surface area contributed by atoms with Gasteiger partial charge in [-0.3, -0.25) is 4.79 Å². The van der Waals surface area contributed by atoms with Crippen LogP contribution in [0.2, 0.25) is 5.02 Å². The van der Waals surface area contributed by atoms with Gasteiger partial charge < -0.3 is 20.1 Å². The highest BCUT2D eigenvalue weighted by Crippen LogP contribution is 2.21. The van der Waals surface area contributed by atoms with Crippen LogP contribution in [0.5, 0.6) is 0 Å². The van der Waals surface area contributed by atoms with E-state index in [-0.39, 0.29) is 18.6 Å². The molecular formula is C13H18ClN3O3. The summed E-state index contributed by atoms with van der Waals surface area (Å²) in [5.74, 6) is 0.396. The fourth-order valence-corrected chi connectivity index (χ4v) is 2.29. The number of carbonyl (C=O) groups excluding carboxylic acids is 1. The van der Waals surface area contributed by atoms with Crippen molar-refractivity contribution in [3.8, 4) is 0 Å². The summed E-state index contributed by atoms with van der Waals surface area (Å²) in [6.07, 6.45) is 1.46. The first-order valence-corrected chi connectivity index (χ1v) is 6.94. The molecule has 1 amide bonds. The summed E-state index contributed by atoms with van der Waals surface area (Å²) >= 11 is 6.07. The van der Waals surface area contributed by atoms with Gasteiger partial charge in [0.25, 0.3) is 5.91 Å². The molecule has 7 heteroatoms. The second kappa shape index (κ2) is 6.88. The number of halogens is 1. The topological polar surface area (TPSA) is 74.7 Å². The summed E-state index contributed by atoms with van der Waals surface area (Å²) in [5, 5.41) is 12.7. The number of nitrogens with one attached hydrogen (secondary N) is 1. The summed E-state index contributed by atoms with van der Waals surface area (Å²) in [4.78, 5) is 18.3. The quantitative estimate of drug-likeness (QED) is 0.867. The van der Waals surface area contributed by atoms with Gasteiger partial charge in [-0.15, -0.1) is 0 Å². The molecule has 6 nitrogen and oxygen atoms in total. The number of hydrogen-bond acceptors (Lipinski definition) is 5. The lowest BCUT2D eigenvalue weighted by Gasteiger charge is -2.34. The molecule has 1 atom stereocenters. The molecule has 1 aromatic rings. The van der Waals surface area contributed by atoms with Gasteiger partial charge in [-0.2, -0.15) is 0 Å². The largest absolute Gasteiger partial charge is 0.394 e. The molecule has 20 heavy (non-hydrogen) atoms. The van der Waals surface area contributed by atoms with E-state index >= 15 is 0 Å². The smallest absolute Gasteiger partial charge is 0.256 e. The molecular weight excluding hydrogens is 282 g/mol. The number of aromatic nitrogens is 1. The van der Waals surface area contributed by atoms with Crippen LogP contribution in [0.3, 0.4) is 0 Å². The predicted molar refractivity (Wildman–Crippen MR) is 76.1 cm³/mol. The van der Waals surface area contributed by atoms with Crippen molar-refractivity contribution in [2.45, 2.75) is 13.0 Å². The first kappa shape index (κ1) is 15.0. The Morgan fingerprint density at radius 1 is 1.70 bits per heavy atom. The molecule has 2 heterocycles. The summed E-state index contributed by atoms with van der Waals surface area (Å²) in [7, 11) is 0. The Bertz CT molecular complexity index is 484. The van der Waals surface area contributed by atoms with E-state index in [1.807, 2.05) is 6.92 Å². The average Bonchev–Trinajstić information content (AvgIpc) is 2.48. The van der Waals surface area contributed by atoms with Gasteiger partial charge in [0.15, 0.2) is 0 Å². The third-order valence-corrected chi connectivity index (χ3v) is 3.44. The van der Waals surface area contributed by atoms with Crippen molar-refractivity contribution in [1.29, 1.82) is 0 Å². The molecule has 1 unspecified atom stereocenters. The van der Waals surface area contributed by atoms with Gasteiger partial charge in [0.2, 0.25) is 0 Å². The third kappa shape index (κ3) is 3.20. The van der Waals surface area contributed by atoms with Crippen LogP contribution in [0.4, 0.5) is 5.82 Å². The molecule has 0 aliphatic carbocycles. The number of pyridine rings is 1. The molecule has 0 saturated carbocycles. The molecule has 0 spiro atoms. The zero-order chi connectivity index (χ0) is 14.5. The first-order valence-electron chi connectivity index (χ1n) is 6.56. The van der Waals surface area contributed by atoms with Crippen LogP contribution in [0.1, 0.15) is 17.3 Å². The van der Waals surface area contributed by atoms with E-state index in [1.54, 1.807) is 11.0 Å². The van der Waals surface area contributed by atoms with E-state index in [9.17, 15) is 9.90 Å². The number of anilines is 1. The molecule has 1 fully saturated rings. The monoisotopic (exact) mass is 299 g/mol. The minimum Gasteiger partial charge on any atom is -0.394 e. The van der Waals surface area contributed by atoms with Crippen molar-refractivity contribution in [3.63, 3.8) is 0 Å². The molecule has 110 valence electrons. The van der Waals surface area contributed by atoms with Gasteiger partial charge >= 0.3 is 0 Å². The second-order valence-corrected chi connectivity index (χ2v) is 4.90. The number of nitrogens with zero attached hydrogens (tertiary/aromatic N) is 2. The highest BCUT2D eigenvalue weighted by Gasteiger charge is 2.28. The van der Waals surface area contributed by atoms with Gasteiger partial charge in [0.1, 0.15) is 5.82 Å². The molecule has 2 rings (SSSR count). The Labute approximate surface area is 122 Å². The minimum absolute atomic E-state index is 0.130. The van der Waals surface area contributed by atoms with Crippen molar-refractivity contribution in [2.75, 3.05) is 38.2 Å². The lowest BCUT2D eigenvalue weighted by Crippen LogP contribution is -2.50. The molecule has 0 bridgehead atoms. The number of carbonyl (C=O) groups is 1. The standard InChI is InChI=1S/C13H18ClN3O3/c1-2-15-12-5-10(11(14)6-16-12)13(19)17-3-4-20-8-9(17)7-18/h5-6,9,18H,2-4,7-8H2,1H3,(H,15,16). The van der Waals surface area contributed by atoms with Crippen LogP contribution in [0, 0.1) is 0 Å². The Balaban J connectivity index is 2.24. The van der Waals surface area contributed by atoms with Crippen molar-refractivity contribution in [1.82, 2.24) is 9.88 Å². The molecule has 0 aromatic carbocycles. The average molecular weight is 300 g/mol. The molecule has 2 N–H and O–H groups in total. The van der Waals surface area contributed by atoms with Crippen molar-refractivity contribution in [2.24, 2.45) is 0 Å². The third-order valence-electron chi connectivity index (χ3n) is 3.14. The first-order chi connectivity index (χ1) is 9.67. The zero-order valence-corrected chi connectivity index (χ0v) is 12.1. The van der Waals surface area contributed by atoms with E-state index in [0.717, 1.165) is 0 Å². The zero-order valence-electron chi connectivity index (χ0n) is 11.3. The van der Waals surface area contributed by atoms with Crippen molar-refractivity contribution < 1.29 is 14.6 Å². The summed E-state index contributed by atoms with van der Waals surface area (Å²) < 4.78 is 5.27. The Morgan fingerprint density at radius 2 is 2.50 bits per heavy atom. The number of rotatable bonds is 4. The van der Waals surface area contributed by atoms with Crippen LogP contribution < -0.4 is 5.32 Å². The maximum absolute atomic E-state index is 12.6. The number of aliphatic hydroxyl groups excluding tert-OH is 1. The van der Waals surface area contributed by atoms with E-state index in [0.29, 0.717) is 42.7 Å². The lowest BCUT2D eigenvalue weighted by molar-refractivity contribution is -0.0183. The van der Waals surface area contributed by atoms with E-state index in [4.69, 9.17) is 16.3 Å². The number of ether oxygens (including phenoxy) is 1. The summed E-state index contributed by atoms with van der Waals surface area (Å²) in [6.45, 7) is 3.77. The molecule has 1 saturated heterocycles. The van der Waals surface area contributed by atoms with Crippen molar-refractivity contribution >= 4 is 23.3 Å². The van der Waals surface area contributed by atoms with Crippen LogP contribution in [0.15, 0.2) is 12.3 Å². The highest BCUT2D eigenvalue weighted by molar-refractivity contribution is 6.33. The van der Waals surface area contributed by atoms with Gasteiger partial charge in [-0.1, -0.05) is 11.6 Å². The fraction of sp³-hybridized carbons (Fsp3) is 0.538. The van der Waals surface area contributed by atoms with Gasteiger partial charge in [0, 0.05) is 19.3 Å². The minimum atomic E-state index is -0.330. The maximum atomic E-state index is 12.6. The van der Waals surface area contributed by atoms with E-state index < -0.39 is 0 Å². The number of aliphatic hydroxyl groups is 1. The molecule has 1 aliphatic rings. The SMILES string of the molecule is CCNc1cc(C(=O)N2CCOCC2CO)c(Cl)cn1. The lowest BCUT2D eigenvalue weighted by atomic mass is 10.1. The van der Waals surface area contributed by atoms with E-state index in [1.165, 1.54) is 6.20 Å². The van der Waals surface area contributed by atoms with Gasteiger partial charge in [-0.05, 0) is 13.0 Å². The van der Waals surface area contributed by atoms with Gasteiger partial charge in [0.05, 0.1) is 36.4 Å². The van der Waals surface area contributed by atoms with Crippen LogP contribution in [-0.4, -0.2) is 59.8 Å². The Hall–Kier alpha value is -1.37. The molecule has 0 radical (unpaired) electrons. The second-order valence-electron chi connectivity index (χ2n) is 4.49. The number of amides is 1. The predicted octanol–water partition coefficient (Wildman–Crippen LogP) is 1.00. The Kier molecular flexibility index (Phi) is 5.17. The number of hydrogen-bond donors (Lipinski definition) is 2.